The molecule has 2 heterocycles. The van der Waals surface area contributed by atoms with E-state index in [0.29, 0.717) is 22.7 Å². The van der Waals surface area contributed by atoms with E-state index < -0.39 is 44.1 Å². The fourth-order valence-electron chi connectivity index (χ4n) is 2.92. The number of sulfone groups is 1. The van der Waals surface area contributed by atoms with Crippen molar-refractivity contribution in [2.45, 2.75) is 29.3 Å². The van der Waals surface area contributed by atoms with Gasteiger partial charge >= 0.3 is 11.5 Å². The van der Waals surface area contributed by atoms with Gasteiger partial charge in [0.05, 0.1) is 15.6 Å². The van der Waals surface area contributed by atoms with Crippen molar-refractivity contribution in [2.24, 2.45) is 0 Å². The molecule has 29 heavy (non-hydrogen) atoms. The Bertz CT molecular complexity index is 1070. The number of imide groups is 1. The van der Waals surface area contributed by atoms with Gasteiger partial charge in [0, 0.05) is 18.3 Å². The minimum absolute atomic E-state index is 0.0656. The number of nitrogens with one attached hydrogen (secondary N) is 1. The van der Waals surface area contributed by atoms with Crippen LogP contribution in [-0.4, -0.2) is 36.9 Å². The number of hydrogen-bond donors (Lipinski definition) is 1. The second kappa shape index (κ2) is 7.30. The number of benzene rings is 1. The summed E-state index contributed by atoms with van der Waals surface area (Å²) in [7, 11) is -5.53. The van der Waals surface area contributed by atoms with E-state index in [1.54, 1.807) is 13.0 Å². The van der Waals surface area contributed by atoms with E-state index >= 15 is 0 Å². The third kappa shape index (κ3) is 3.67. The van der Waals surface area contributed by atoms with Crippen LogP contribution in [0.1, 0.15) is 18.4 Å². The summed E-state index contributed by atoms with van der Waals surface area (Å²) < 4.78 is 60.8. The van der Waals surface area contributed by atoms with Gasteiger partial charge < -0.3 is 5.32 Å². The lowest BCUT2D eigenvalue weighted by Crippen LogP contribution is -2.35. The van der Waals surface area contributed by atoms with E-state index in [0.717, 1.165) is 17.0 Å². The maximum Gasteiger partial charge on any atom is 0.501 e. The molecule has 3 amide bonds. The molecule has 1 aromatic heterocycles. The van der Waals surface area contributed by atoms with Crippen molar-refractivity contribution in [3.05, 3.63) is 53.3 Å². The minimum Gasteiger partial charge on any atom is -0.325 e. The fraction of sp³-hybridized carbons (Fsp3) is 0.235. The van der Waals surface area contributed by atoms with Crippen molar-refractivity contribution in [2.75, 3.05) is 4.90 Å². The number of anilines is 1. The van der Waals surface area contributed by atoms with Gasteiger partial charge in [-0.2, -0.15) is 13.2 Å². The summed E-state index contributed by atoms with van der Waals surface area (Å²) in [6.45, 7) is 1.67. The minimum atomic E-state index is -5.53. The highest BCUT2D eigenvalue weighted by atomic mass is 35.5. The summed E-state index contributed by atoms with van der Waals surface area (Å²) in [5, 5.41) is 2.81. The fourth-order valence-corrected chi connectivity index (χ4v) is 3.98. The van der Waals surface area contributed by atoms with Gasteiger partial charge in [-0.25, -0.2) is 18.1 Å². The first-order chi connectivity index (χ1) is 13.4. The van der Waals surface area contributed by atoms with E-state index in [1.807, 2.05) is 0 Å². The molecule has 2 unspecified atom stereocenters. The molecule has 0 aliphatic carbocycles. The molecule has 1 aliphatic heterocycles. The maximum atomic E-state index is 12.8. The lowest BCUT2D eigenvalue weighted by molar-refractivity contribution is -0.118. The van der Waals surface area contributed by atoms with Gasteiger partial charge in [-0.05, 0) is 35.9 Å². The Labute approximate surface area is 168 Å². The van der Waals surface area contributed by atoms with Gasteiger partial charge in [-0.15, -0.1) is 0 Å². The van der Waals surface area contributed by atoms with E-state index in [1.165, 1.54) is 12.4 Å². The van der Waals surface area contributed by atoms with Crippen LogP contribution in [0.4, 0.5) is 23.7 Å². The summed E-state index contributed by atoms with van der Waals surface area (Å²) in [6.07, 6.45) is 2.88. The number of nitrogens with zero attached hydrogens (tertiary/aromatic N) is 2. The van der Waals surface area contributed by atoms with Crippen molar-refractivity contribution in [1.29, 1.82) is 0 Å². The number of urea groups is 1. The molecule has 0 bridgehead atoms. The number of rotatable bonds is 4. The zero-order valence-corrected chi connectivity index (χ0v) is 16.2. The highest BCUT2D eigenvalue weighted by Gasteiger charge is 2.47. The molecular formula is C17H13ClF3N3O4S. The molecule has 0 spiro atoms. The van der Waals surface area contributed by atoms with Crippen molar-refractivity contribution in [3.63, 3.8) is 0 Å². The number of amides is 3. The lowest BCUT2D eigenvalue weighted by atomic mass is 9.94. The molecular weight excluding hydrogens is 435 g/mol. The molecule has 1 aliphatic rings. The van der Waals surface area contributed by atoms with Crippen LogP contribution in [0.15, 0.2) is 47.6 Å². The molecule has 1 N–H and O–H groups in total. The van der Waals surface area contributed by atoms with Crippen molar-refractivity contribution in [3.8, 4) is 0 Å². The number of alkyl halides is 3. The van der Waals surface area contributed by atoms with Gasteiger partial charge in [0.1, 0.15) is 6.04 Å². The molecule has 12 heteroatoms. The Morgan fingerprint density at radius 2 is 1.79 bits per heavy atom. The van der Waals surface area contributed by atoms with Crippen LogP contribution in [-0.2, 0) is 14.6 Å². The molecule has 1 aromatic carbocycles. The smallest absolute Gasteiger partial charge is 0.325 e. The predicted molar refractivity (Wildman–Crippen MR) is 97.2 cm³/mol. The summed E-state index contributed by atoms with van der Waals surface area (Å²) in [5.41, 5.74) is -4.95. The molecule has 1 fully saturated rings. The molecule has 3 rings (SSSR count). The topological polar surface area (TPSA) is 96.4 Å². The van der Waals surface area contributed by atoms with Gasteiger partial charge in [0.15, 0.2) is 0 Å². The monoisotopic (exact) mass is 447 g/mol. The Kier molecular flexibility index (Phi) is 5.30. The SMILES string of the molecule is CC(c1ccncc1Cl)C1NC(=O)N(c2ccc(S(=O)(=O)C(F)(F)F)cc2)C1=O. The van der Waals surface area contributed by atoms with Gasteiger partial charge in [-0.3, -0.25) is 9.78 Å². The molecule has 0 saturated carbocycles. The standard InChI is InChI=1S/C17H13ClF3N3O4S/c1-9(12-6-7-22-8-13(12)18)14-15(25)24(16(26)23-14)10-2-4-11(5-3-10)29(27,28)17(19,20)21/h2-9,14H,1H3,(H,23,26). The Hall–Kier alpha value is -2.66. The summed E-state index contributed by atoms with van der Waals surface area (Å²) in [4.78, 5) is 28.7. The average Bonchev–Trinajstić information content (AvgIpc) is 2.95. The van der Waals surface area contributed by atoms with Crippen LogP contribution >= 0.6 is 11.6 Å². The molecule has 154 valence electrons. The first-order valence-corrected chi connectivity index (χ1v) is 9.96. The van der Waals surface area contributed by atoms with Crippen LogP contribution in [0, 0.1) is 0 Å². The molecule has 2 aromatic rings. The quantitative estimate of drug-likeness (QED) is 0.726. The molecule has 1 saturated heterocycles. The number of pyridine rings is 1. The number of carbonyl (C=O) groups is 2. The molecule has 2 atom stereocenters. The van der Waals surface area contributed by atoms with Crippen LogP contribution in [0.5, 0.6) is 0 Å². The van der Waals surface area contributed by atoms with Crippen molar-refractivity contribution in [1.82, 2.24) is 10.3 Å². The van der Waals surface area contributed by atoms with Crippen LogP contribution in [0.2, 0.25) is 5.02 Å². The highest BCUT2D eigenvalue weighted by Crippen LogP contribution is 2.33. The third-order valence-corrected chi connectivity index (χ3v) is 6.29. The number of hydrogen-bond acceptors (Lipinski definition) is 5. The zero-order chi connectivity index (χ0) is 21.6. The van der Waals surface area contributed by atoms with Crippen LogP contribution in [0.3, 0.4) is 0 Å². The summed E-state index contributed by atoms with van der Waals surface area (Å²) >= 11 is 6.08. The van der Waals surface area contributed by atoms with Gasteiger partial charge in [-0.1, -0.05) is 18.5 Å². The second-order valence-electron chi connectivity index (χ2n) is 6.23. The Balaban J connectivity index is 1.88. The van der Waals surface area contributed by atoms with E-state index in [2.05, 4.69) is 10.3 Å². The van der Waals surface area contributed by atoms with Crippen LogP contribution in [0.25, 0.3) is 0 Å². The summed E-state index contributed by atoms with van der Waals surface area (Å²) in [6, 6.07) is 3.14. The Morgan fingerprint density at radius 3 is 2.34 bits per heavy atom. The highest BCUT2D eigenvalue weighted by molar-refractivity contribution is 7.92. The average molecular weight is 448 g/mol. The largest absolute Gasteiger partial charge is 0.501 e. The first-order valence-electron chi connectivity index (χ1n) is 8.10. The van der Waals surface area contributed by atoms with Gasteiger partial charge in [0.25, 0.3) is 15.7 Å². The molecule has 7 nitrogen and oxygen atoms in total. The molecule has 0 radical (unpaired) electrons. The zero-order valence-electron chi connectivity index (χ0n) is 14.6. The van der Waals surface area contributed by atoms with Gasteiger partial charge in [0.2, 0.25) is 0 Å². The van der Waals surface area contributed by atoms with Crippen molar-refractivity contribution < 1.29 is 31.2 Å². The second-order valence-corrected chi connectivity index (χ2v) is 8.58. The van der Waals surface area contributed by atoms with Crippen LogP contribution < -0.4 is 10.2 Å². The number of halogens is 4. The maximum absolute atomic E-state index is 12.8. The summed E-state index contributed by atoms with van der Waals surface area (Å²) in [5.74, 6) is -1.17. The lowest BCUT2D eigenvalue weighted by Gasteiger charge is -2.19. The third-order valence-electron chi connectivity index (χ3n) is 4.47. The predicted octanol–water partition coefficient (Wildman–Crippen LogP) is 3.26. The van der Waals surface area contributed by atoms with E-state index in [4.69, 9.17) is 11.6 Å². The Morgan fingerprint density at radius 1 is 1.17 bits per heavy atom. The normalized spacial score (nSPS) is 18.7. The van der Waals surface area contributed by atoms with E-state index in [9.17, 15) is 31.2 Å². The number of aromatic nitrogens is 1. The van der Waals surface area contributed by atoms with E-state index in [-0.39, 0.29) is 5.69 Å². The van der Waals surface area contributed by atoms with Crippen molar-refractivity contribution >= 4 is 39.1 Å². The number of carbonyl (C=O) groups excluding carboxylic acids is 2. The first kappa shape index (κ1) is 21.1.